The van der Waals surface area contributed by atoms with Crippen molar-refractivity contribution in [2.45, 2.75) is 58.7 Å². The minimum atomic E-state index is -0.483. The number of hydrogen-bond acceptors (Lipinski definition) is 4. The molecule has 5 nitrogen and oxygen atoms in total. The van der Waals surface area contributed by atoms with Crippen molar-refractivity contribution in [3.8, 4) is 0 Å². The molecular weight excluding hydrogens is 330 g/mol. The van der Waals surface area contributed by atoms with E-state index in [2.05, 4.69) is 0 Å². The lowest BCUT2D eigenvalue weighted by atomic mass is 9.90. The molecule has 1 aliphatic heterocycles. The third-order valence-electron chi connectivity index (χ3n) is 4.43. The fraction of sp³-hybridized carbons (Fsp3) is 0.619. The van der Waals surface area contributed by atoms with Gasteiger partial charge in [-0.15, -0.1) is 0 Å². The van der Waals surface area contributed by atoms with E-state index in [1.54, 1.807) is 4.90 Å². The number of benzene rings is 1. The second-order valence-corrected chi connectivity index (χ2v) is 7.85. The highest BCUT2D eigenvalue weighted by atomic mass is 16.6. The van der Waals surface area contributed by atoms with Crippen LogP contribution in [0.15, 0.2) is 30.3 Å². The highest BCUT2D eigenvalue weighted by molar-refractivity contribution is 5.81. The van der Waals surface area contributed by atoms with Crippen molar-refractivity contribution < 1.29 is 19.1 Å². The molecule has 0 saturated carbocycles. The third-order valence-corrected chi connectivity index (χ3v) is 4.43. The van der Waals surface area contributed by atoms with Crippen molar-refractivity contribution in [1.82, 2.24) is 4.90 Å². The maximum absolute atomic E-state index is 12.3. The molecule has 144 valence electrons. The second-order valence-electron chi connectivity index (χ2n) is 7.85. The number of nitrogens with zero attached hydrogens (tertiary/aromatic N) is 1. The molecule has 1 aromatic rings. The van der Waals surface area contributed by atoms with Crippen LogP contribution in [0, 0.1) is 5.92 Å². The van der Waals surface area contributed by atoms with E-state index in [0.29, 0.717) is 32.7 Å². The summed E-state index contributed by atoms with van der Waals surface area (Å²) in [5, 5.41) is 0. The Bertz CT molecular complexity index is 571. The van der Waals surface area contributed by atoms with Gasteiger partial charge in [-0.2, -0.15) is 0 Å². The topological polar surface area (TPSA) is 55.8 Å². The molecule has 1 fully saturated rings. The van der Waals surface area contributed by atoms with E-state index < -0.39 is 5.60 Å². The molecule has 0 aliphatic carbocycles. The van der Waals surface area contributed by atoms with Crippen molar-refractivity contribution >= 4 is 11.9 Å². The zero-order chi connectivity index (χ0) is 19.0. The Kier molecular flexibility index (Phi) is 7.64. The van der Waals surface area contributed by atoms with Gasteiger partial charge in [0.25, 0.3) is 0 Å². The first kappa shape index (κ1) is 20.4. The summed E-state index contributed by atoms with van der Waals surface area (Å²) in [6, 6.07) is 10.0. The smallest absolute Gasteiger partial charge is 0.410 e. The van der Waals surface area contributed by atoms with E-state index >= 15 is 0 Å². The lowest BCUT2D eigenvalue weighted by Gasteiger charge is -2.33. The van der Waals surface area contributed by atoms with Crippen LogP contribution >= 0.6 is 0 Å². The number of Topliss-reactive ketones (excluding diaryl/α,β-unsaturated/α-hetero) is 1. The van der Waals surface area contributed by atoms with Crippen molar-refractivity contribution in [3.63, 3.8) is 0 Å². The molecule has 1 aliphatic rings. The number of ketones is 1. The summed E-state index contributed by atoms with van der Waals surface area (Å²) in [5.41, 5.74) is 0.664. The number of carbonyl (C=O) groups is 2. The molecule has 0 N–H and O–H groups in total. The van der Waals surface area contributed by atoms with E-state index in [9.17, 15) is 9.59 Å². The van der Waals surface area contributed by atoms with Crippen LogP contribution in [0.2, 0.25) is 0 Å². The maximum Gasteiger partial charge on any atom is 0.410 e. The van der Waals surface area contributed by atoms with E-state index in [4.69, 9.17) is 9.47 Å². The first-order valence-electron chi connectivity index (χ1n) is 9.47. The summed E-state index contributed by atoms with van der Waals surface area (Å²) in [5.74, 6) is 0.347. The first-order chi connectivity index (χ1) is 12.3. The second kappa shape index (κ2) is 9.72. The largest absolute Gasteiger partial charge is 0.444 e. The molecule has 0 bridgehead atoms. The van der Waals surface area contributed by atoms with Gasteiger partial charge in [0, 0.05) is 32.0 Å². The van der Waals surface area contributed by atoms with Gasteiger partial charge in [0.15, 0.2) is 0 Å². The molecule has 1 amide bonds. The molecule has 1 heterocycles. The van der Waals surface area contributed by atoms with Crippen LogP contribution in [-0.4, -0.2) is 42.1 Å². The fourth-order valence-corrected chi connectivity index (χ4v) is 3.03. The van der Waals surface area contributed by atoms with E-state index in [1.807, 2.05) is 51.1 Å². The SMILES string of the molecule is CC(C)(C)OC(=O)N1CCC(C(=O)CCCOCc2ccccc2)CC1. The lowest BCUT2D eigenvalue weighted by molar-refractivity contribution is -0.124. The van der Waals surface area contributed by atoms with Gasteiger partial charge in [-0.25, -0.2) is 4.79 Å². The van der Waals surface area contributed by atoms with Gasteiger partial charge in [0.1, 0.15) is 11.4 Å². The Balaban J connectivity index is 1.60. The fourth-order valence-electron chi connectivity index (χ4n) is 3.03. The number of likely N-dealkylation sites (tertiary alicyclic amines) is 1. The molecule has 0 atom stereocenters. The maximum atomic E-state index is 12.3. The lowest BCUT2D eigenvalue weighted by Crippen LogP contribution is -2.43. The molecule has 1 saturated heterocycles. The summed E-state index contributed by atoms with van der Waals surface area (Å²) in [6.07, 6.45) is 2.47. The Morgan fingerprint density at radius 1 is 1.12 bits per heavy atom. The average Bonchev–Trinajstić information content (AvgIpc) is 2.61. The van der Waals surface area contributed by atoms with Crippen molar-refractivity contribution in [2.24, 2.45) is 5.92 Å². The molecular formula is C21H31NO4. The molecule has 2 rings (SSSR count). The Labute approximate surface area is 156 Å². The quantitative estimate of drug-likeness (QED) is 0.683. The normalized spacial score (nSPS) is 15.7. The van der Waals surface area contributed by atoms with Gasteiger partial charge in [-0.05, 0) is 45.6 Å². The summed E-state index contributed by atoms with van der Waals surface area (Å²) < 4.78 is 11.0. The monoisotopic (exact) mass is 361 g/mol. The molecule has 1 aromatic carbocycles. The third kappa shape index (κ3) is 7.16. The molecule has 26 heavy (non-hydrogen) atoms. The first-order valence-corrected chi connectivity index (χ1v) is 9.47. The zero-order valence-corrected chi connectivity index (χ0v) is 16.2. The Morgan fingerprint density at radius 3 is 2.38 bits per heavy atom. The average molecular weight is 361 g/mol. The molecule has 5 heteroatoms. The molecule has 0 aromatic heterocycles. The van der Waals surface area contributed by atoms with Crippen LogP contribution in [0.4, 0.5) is 4.79 Å². The van der Waals surface area contributed by atoms with Crippen LogP contribution in [-0.2, 0) is 20.9 Å². The Morgan fingerprint density at radius 2 is 1.77 bits per heavy atom. The van der Waals surface area contributed by atoms with Gasteiger partial charge >= 0.3 is 6.09 Å². The summed E-state index contributed by atoms with van der Waals surface area (Å²) in [6.45, 7) is 7.95. The zero-order valence-electron chi connectivity index (χ0n) is 16.2. The summed E-state index contributed by atoms with van der Waals surface area (Å²) in [4.78, 5) is 26.1. The number of piperidine rings is 1. The predicted molar refractivity (Wildman–Crippen MR) is 101 cm³/mol. The summed E-state index contributed by atoms with van der Waals surface area (Å²) >= 11 is 0. The number of amides is 1. The highest BCUT2D eigenvalue weighted by Gasteiger charge is 2.29. The van der Waals surface area contributed by atoms with Crippen molar-refractivity contribution in [3.05, 3.63) is 35.9 Å². The number of carbonyl (C=O) groups excluding carboxylic acids is 2. The highest BCUT2D eigenvalue weighted by Crippen LogP contribution is 2.22. The number of rotatable bonds is 7. The van der Waals surface area contributed by atoms with Gasteiger partial charge in [-0.1, -0.05) is 30.3 Å². The predicted octanol–water partition coefficient (Wildman–Crippen LogP) is 4.20. The van der Waals surface area contributed by atoms with E-state index in [-0.39, 0.29) is 17.8 Å². The van der Waals surface area contributed by atoms with Crippen molar-refractivity contribution in [1.29, 1.82) is 0 Å². The van der Waals surface area contributed by atoms with Crippen LogP contribution < -0.4 is 0 Å². The standard InChI is InChI=1S/C21H31NO4/c1-21(2,3)26-20(24)22-13-11-18(12-14-22)19(23)10-7-15-25-16-17-8-5-4-6-9-17/h4-6,8-9,18H,7,10-16H2,1-3H3. The number of ether oxygens (including phenoxy) is 2. The van der Waals surface area contributed by atoms with Crippen LogP contribution in [0.3, 0.4) is 0 Å². The van der Waals surface area contributed by atoms with Crippen LogP contribution in [0.1, 0.15) is 52.0 Å². The van der Waals surface area contributed by atoms with E-state index in [1.165, 1.54) is 0 Å². The number of hydrogen-bond donors (Lipinski definition) is 0. The minimum Gasteiger partial charge on any atom is -0.444 e. The van der Waals surface area contributed by atoms with E-state index in [0.717, 1.165) is 24.8 Å². The van der Waals surface area contributed by atoms with Gasteiger partial charge < -0.3 is 14.4 Å². The van der Waals surface area contributed by atoms with Crippen LogP contribution in [0.5, 0.6) is 0 Å². The van der Waals surface area contributed by atoms with Crippen LogP contribution in [0.25, 0.3) is 0 Å². The molecule has 0 radical (unpaired) electrons. The molecule has 0 spiro atoms. The van der Waals surface area contributed by atoms with Gasteiger partial charge in [-0.3, -0.25) is 4.79 Å². The summed E-state index contributed by atoms with van der Waals surface area (Å²) in [7, 11) is 0. The van der Waals surface area contributed by atoms with Crippen molar-refractivity contribution in [2.75, 3.05) is 19.7 Å². The molecule has 0 unspecified atom stereocenters. The Hall–Kier alpha value is -1.88. The van der Waals surface area contributed by atoms with Gasteiger partial charge in [0.05, 0.1) is 6.61 Å². The van der Waals surface area contributed by atoms with Gasteiger partial charge in [0.2, 0.25) is 0 Å². The minimum absolute atomic E-state index is 0.0582.